The van der Waals surface area contributed by atoms with Crippen molar-refractivity contribution in [2.75, 3.05) is 30.9 Å². The Kier molecular flexibility index (Phi) is 5.09. The van der Waals surface area contributed by atoms with Gasteiger partial charge < -0.3 is 10.1 Å². The van der Waals surface area contributed by atoms with Crippen LogP contribution >= 0.6 is 11.8 Å². The molecule has 2 atom stereocenters. The number of nitrogens with one attached hydrogen (secondary N) is 1. The van der Waals surface area contributed by atoms with Crippen LogP contribution in [-0.2, 0) is 14.3 Å². The van der Waals surface area contributed by atoms with Crippen molar-refractivity contribution < 1.29 is 14.3 Å². The number of carbonyl (C=O) groups excluding carboxylic acids is 2. The fourth-order valence-corrected chi connectivity index (χ4v) is 3.62. The van der Waals surface area contributed by atoms with Crippen molar-refractivity contribution in [2.45, 2.75) is 43.4 Å². The molecular formula is C18H25N3O3S. The number of hydrogen-bond donors (Lipinski definition) is 1. The zero-order valence-corrected chi connectivity index (χ0v) is 15.9. The second-order valence-corrected chi connectivity index (χ2v) is 8.22. The van der Waals surface area contributed by atoms with Gasteiger partial charge in [0.15, 0.2) is 0 Å². The standard InChI is InChI=1S/C18H25N3O3S/c1-18(2,3)24-17(23)15-10-19-9-14-16(22)20(11-21(14)15)12-5-7-13(25-4)8-6-12/h5-8,14-15,19H,9-11H2,1-4H3. The largest absolute Gasteiger partial charge is 0.459 e. The van der Waals surface area contributed by atoms with Crippen LogP contribution in [-0.4, -0.2) is 60.5 Å². The van der Waals surface area contributed by atoms with Crippen LogP contribution < -0.4 is 10.2 Å². The Hall–Kier alpha value is -1.57. The quantitative estimate of drug-likeness (QED) is 0.651. The van der Waals surface area contributed by atoms with Crippen molar-refractivity contribution in [2.24, 2.45) is 0 Å². The Balaban J connectivity index is 1.79. The Bertz CT molecular complexity index is 657. The predicted molar refractivity (Wildman–Crippen MR) is 98.7 cm³/mol. The van der Waals surface area contributed by atoms with Gasteiger partial charge in [0, 0.05) is 23.7 Å². The molecule has 0 radical (unpaired) electrons. The first-order valence-electron chi connectivity index (χ1n) is 8.45. The molecule has 0 bridgehead atoms. The summed E-state index contributed by atoms with van der Waals surface area (Å²) in [5.41, 5.74) is 0.321. The number of hydrogen-bond acceptors (Lipinski definition) is 6. The van der Waals surface area contributed by atoms with Gasteiger partial charge in [-0.1, -0.05) is 0 Å². The maximum Gasteiger partial charge on any atom is 0.325 e. The van der Waals surface area contributed by atoms with E-state index >= 15 is 0 Å². The molecule has 0 aliphatic carbocycles. The van der Waals surface area contributed by atoms with E-state index in [0.717, 1.165) is 10.6 Å². The van der Waals surface area contributed by atoms with Gasteiger partial charge in [-0.15, -0.1) is 11.8 Å². The number of rotatable bonds is 3. The molecule has 1 N–H and O–H groups in total. The van der Waals surface area contributed by atoms with Gasteiger partial charge in [0.2, 0.25) is 5.91 Å². The maximum atomic E-state index is 12.8. The lowest BCUT2D eigenvalue weighted by Gasteiger charge is -2.35. The van der Waals surface area contributed by atoms with Crippen LogP contribution in [0.25, 0.3) is 0 Å². The van der Waals surface area contributed by atoms with E-state index in [1.54, 1.807) is 16.7 Å². The molecule has 2 unspecified atom stereocenters. The highest BCUT2D eigenvalue weighted by molar-refractivity contribution is 7.98. The van der Waals surface area contributed by atoms with Crippen molar-refractivity contribution in [1.29, 1.82) is 0 Å². The summed E-state index contributed by atoms with van der Waals surface area (Å²) < 4.78 is 5.54. The third kappa shape index (κ3) is 3.83. The molecule has 3 rings (SSSR count). The van der Waals surface area contributed by atoms with E-state index in [4.69, 9.17) is 4.74 Å². The van der Waals surface area contributed by atoms with E-state index in [1.807, 2.05) is 56.2 Å². The van der Waals surface area contributed by atoms with Gasteiger partial charge in [0.05, 0.1) is 6.67 Å². The summed E-state index contributed by atoms with van der Waals surface area (Å²) in [5, 5.41) is 3.20. The predicted octanol–water partition coefficient (Wildman–Crippen LogP) is 1.70. The molecule has 2 aliphatic heterocycles. The van der Waals surface area contributed by atoms with Crippen LogP contribution in [0, 0.1) is 0 Å². The Labute approximate surface area is 152 Å². The molecule has 1 aromatic carbocycles. The van der Waals surface area contributed by atoms with Crippen molar-refractivity contribution in [3.05, 3.63) is 24.3 Å². The fourth-order valence-electron chi connectivity index (χ4n) is 3.21. The average Bonchev–Trinajstić information content (AvgIpc) is 2.90. The third-order valence-corrected chi connectivity index (χ3v) is 5.14. The molecule has 0 spiro atoms. The lowest BCUT2D eigenvalue weighted by Crippen LogP contribution is -2.60. The number of amides is 1. The normalized spacial score (nSPS) is 24.3. The van der Waals surface area contributed by atoms with E-state index in [9.17, 15) is 9.59 Å². The molecule has 2 saturated heterocycles. The highest BCUT2D eigenvalue weighted by atomic mass is 32.2. The summed E-state index contributed by atoms with van der Waals surface area (Å²) in [6, 6.07) is 7.15. The molecular weight excluding hydrogens is 338 g/mol. The van der Waals surface area contributed by atoms with E-state index in [2.05, 4.69) is 5.32 Å². The van der Waals surface area contributed by atoms with Crippen LogP contribution in [0.5, 0.6) is 0 Å². The van der Waals surface area contributed by atoms with E-state index in [1.165, 1.54) is 0 Å². The van der Waals surface area contributed by atoms with Gasteiger partial charge in [-0.05, 0) is 51.3 Å². The van der Waals surface area contributed by atoms with Gasteiger partial charge >= 0.3 is 5.97 Å². The average molecular weight is 363 g/mol. The maximum absolute atomic E-state index is 12.8. The summed E-state index contributed by atoms with van der Waals surface area (Å²) in [4.78, 5) is 30.2. The molecule has 25 heavy (non-hydrogen) atoms. The number of fused-ring (bicyclic) bond motifs is 1. The fraction of sp³-hybridized carbons (Fsp3) is 0.556. The van der Waals surface area contributed by atoms with Crippen LogP contribution in [0.3, 0.4) is 0 Å². The van der Waals surface area contributed by atoms with Crippen LogP contribution in [0.2, 0.25) is 0 Å². The SMILES string of the molecule is CSc1ccc(N2CN3C(C(=O)OC(C)(C)C)CNCC3C2=O)cc1. The first-order chi connectivity index (χ1) is 11.8. The summed E-state index contributed by atoms with van der Waals surface area (Å²) in [7, 11) is 0. The monoisotopic (exact) mass is 363 g/mol. The molecule has 1 amide bonds. The van der Waals surface area contributed by atoms with Crippen molar-refractivity contribution in [3.8, 4) is 0 Å². The molecule has 0 saturated carbocycles. The number of thioether (sulfide) groups is 1. The van der Waals surface area contributed by atoms with Crippen LogP contribution in [0.1, 0.15) is 20.8 Å². The molecule has 7 heteroatoms. The highest BCUT2D eigenvalue weighted by Crippen LogP contribution is 2.28. The topological polar surface area (TPSA) is 61.9 Å². The first-order valence-corrected chi connectivity index (χ1v) is 9.67. The second kappa shape index (κ2) is 6.97. The number of anilines is 1. The second-order valence-electron chi connectivity index (χ2n) is 7.34. The Morgan fingerprint density at radius 2 is 1.92 bits per heavy atom. The number of carbonyl (C=O) groups is 2. The number of ether oxygens (including phenoxy) is 1. The number of nitrogens with zero attached hydrogens (tertiary/aromatic N) is 2. The molecule has 136 valence electrons. The number of piperazine rings is 1. The molecule has 2 aliphatic rings. The summed E-state index contributed by atoms with van der Waals surface area (Å²) in [6.45, 7) is 7.03. The summed E-state index contributed by atoms with van der Waals surface area (Å²) in [6.07, 6.45) is 2.02. The smallest absolute Gasteiger partial charge is 0.325 e. The van der Waals surface area contributed by atoms with E-state index in [-0.39, 0.29) is 17.9 Å². The lowest BCUT2D eigenvalue weighted by atomic mass is 10.1. The van der Waals surface area contributed by atoms with Gasteiger partial charge in [-0.25, -0.2) is 0 Å². The van der Waals surface area contributed by atoms with Gasteiger partial charge in [-0.2, -0.15) is 0 Å². The molecule has 2 fully saturated rings. The third-order valence-electron chi connectivity index (χ3n) is 4.39. The van der Waals surface area contributed by atoms with E-state index in [0.29, 0.717) is 19.8 Å². The van der Waals surface area contributed by atoms with Gasteiger partial charge in [0.25, 0.3) is 0 Å². The molecule has 1 aromatic rings. The van der Waals surface area contributed by atoms with Crippen molar-refractivity contribution >= 4 is 29.3 Å². The van der Waals surface area contributed by atoms with Crippen molar-refractivity contribution in [1.82, 2.24) is 10.2 Å². The number of esters is 1. The van der Waals surface area contributed by atoms with Gasteiger partial charge in [0.1, 0.15) is 17.7 Å². The zero-order valence-electron chi connectivity index (χ0n) is 15.1. The van der Waals surface area contributed by atoms with Crippen molar-refractivity contribution in [3.63, 3.8) is 0 Å². The Morgan fingerprint density at radius 1 is 1.24 bits per heavy atom. The summed E-state index contributed by atoms with van der Waals surface area (Å²) in [5.74, 6) is -0.255. The summed E-state index contributed by atoms with van der Waals surface area (Å²) >= 11 is 1.67. The van der Waals surface area contributed by atoms with Crippen LogP contribution in [0.15, 0.2) is 29.2 Å². The highest BCUT2D eigenvalue weighted by Gasteiger charge is 2.47. The zero-order chi connectivity index (χ0) is 18.2. The minimum Gasteiger partial charge on any atom is -0.459 e. The van der Waals surface area contributed by atoms with Crippen LogP contribution in [0.4, 0.5) is 5.69 Å². The molecule has 2 heterocycles. The van der Waals surface area contributed by atoms with E-state index < -0.39 is 11.6 Å². The molecule has 0 aromatic heterocycles. The minimum absolute atomic E-state index is 0.0256. The number of benzene rings is 1. The first kappa shape index (κ1) is 18.2. The van der Waals surface area contributed by atoms with Gasteiger partial charge in [-0.3, -0.25) is 19.4 Å². The Morgan fingerprint density at radius 3 is 2.52 bits per heavy atom. The molecule has 6 nitrogen and oxygen atoms in total. The lowest BCUT2D eigenvalue weighted by molar-refractivity contribution is -0.162. The minimum atomic E-state index is -0.541.